The molecule has 4 aromatic rings. The van der Waals surface area contributed by atoms with Crippen LogP contribution in [0.5, 0.6) is 0 Å². The van der Waals surface area contributed by atoms with Gasteiger partial charge in [0.1, 0.15) is 18.3 Å². The maximum Gasteiger partial charge on any atom is 0.443 e. The molecule has 4 heteroatoms. The van der Waals surface area contributed by atoms with E-state index in [9.17, 15) is 0 Å². The van der Waals surface area contributed by atoms with Crippen LogP contribution in [0, 0.1) is 6.92 Å². The highest BCUT2D eigenvalue weighted by Gasteiger charge is 2.40. The Hall–Kier alpha value is -3.27. The summed E-state index contributed by atoms with van der Waals surface area (Å²) in [6.07, 6.45) is 6.52. The number of furan rings is 1. The average Bonchev–Trinajstić information content (AvgIpc) is 3.08. The third-order valence-corrected chi connectivity index (χ3v) is 5.67. The molecule has 0 fully saturated rings. The van der Waals surface area contributed by atoms with E-state index >= 15 is 0 Å². The van der Waals surface area contributed by atoms with Crippen LogP contribution in [0.1, 0.15) is 11.1 Å². The summed E-state index contributed by atoms with van der Waals surface area (Å²) in [5.41, 5.74) is 8.09. The van der Waals surface area contributed by atoms with Crippen LogP contribution >= 0.6 is 0 Å². The second-order valence-electron chi connectivity index (χ2n) is 7.53. The molecule has 1 aliphatic rings. The lowest BCUT2D eigenvalue weighted by molar-refractivity contribution is -0.654. The molecule has 136 valence electrons. The lowest BCUT2D eigenvalue weighted by atomic mass is 9.52. The summed E-state index contributed by atoms with van der Waals surface area (Å²) < 4.78 is 8.57. The first-order valence-corrected chi connectivity index (χ1v) is 9.60. The van der Waals surface area contributed by atoms with Crippen molar-refractivity contribution in [3.05, 3.63) is 84.2 Å². The highest BCUT2D eigenvalue weighted by atomic mass is 16.3. The minimum absolute atomic E-state index is 0.0282. The van der Waals surface area contributed by atoms with E-state index in [0.29, 0.717) is 0 Å². The summed E-state index contributed by atoms with van der Waals surface area (Å²) in [6, 6.07) is 21.2. The first-order chi connectivity index (χ1) is 13.6. The van der Waals surface area contributed by atoms with Crippen molar-refractivity contribution < 1.29 is 8.98 Å². The van der Waals surface area contributed by atoms with Crippen LogP contribution in [0.25, 0.3) is 28.2 Å². The van der Waals surface area contributed by atoms with E-state index in [1.807, 2.05) is 12.1 Å². The van der Waals surface area contributed by atoms with Crippen LogP contribution in [-0.2, 0) is 7.05 Å². The topological polar surface area (TPSA) is 20.3 Å². The Morgan fingerprint density at radius 1 is 1.00 bits per heavy atom. The van der Waals surface area contributed by atoms with Gasteiger partial charge in [-0.3, -0.25) is 0 Å². The summed E-state index contributed by atoms with van der Waals surface area (Å²) in [5.74, 6) is 0. The molecule has 0 atom stereocenters. The van der Waals surface area contributed by atoms with Gasteiger partial charge in [-0.25, -0.2) is 4.57 Å². The van der Waals surface area contributed by atoms with Crippen molar-refractivity contribution in [2.45, 2.75) is 6.92 Å². The smallest absolute Gasteiger partial charge is 0.443 e. The van der Waals surface area contributed by atoms with Crippen LogP contribution in [-0.4, -0.2) is 18.7 Å². The van der Waals surface area contributed by atoms with Crippen LogP contribution in [0.3, 0.4) is 0 Å². The van der Waals surface area contributed by atoms with Crippen molar-refractivity contribution in [3.8, 4) is 11.1 Å². The predicted molar refractivity (Wildman–Crippen MR) is 116 cm³/mol. The number of rotatable bonds is 2. The van der Waals surface area contributed by atoms with Crippen LogP contribution in [0.15, 0.2) is 77.5 Å². The fraction of sp³-hybridized carbons (Fsp3) is 0.125. The predicted octanol–water partition coefficient (Wildman–Crippen LogP) is 3.25. The highest BCUT2D eigenvalue weighted by molar-refractivity contribution is 6.82. The highest BCUT2D eigenvalue weighted by Crippen LogP contribution is 2.25. The molecule has 2 aromatic heterocycles. The molecule has 28 heavy (non-hydrogen) atoms. The third-order valence-electron chi connectivity index (χ3n) is 5.67. The van der Waals surface area contributed by atoms with E-state index < -0.39 is 0 Å². The molecule has 0 amide bonds. The molecule has 2 aromatic carbocycles. The fourth-order valence-electron chi connectivity index (χ4n) is 4.26. The SMILES string of the molecule is Cc1c[n+](C)c(B2c3oc4ccccc4c3C=CN2C)cc1-c1ccccc1. The van der Waals surface area contributed by atoms with Gasteiger partial charge in [0.05, 0.1) is 0 Å². The Bertz CT molecular complexity index is 1210. The van der Waals surface area contributed by atoms with E-state index in [1.54, 1.807) is 0 Å². The number of pyridine rings is 1. The van der Waals surface area contributed by atoms with Crippen LogP contribution in [0.2, 0.25) is 0 Å². The molecular weight excluding hydrogens is 343 g/mol. The van der Waals surface area contributed by atoms with Crippen molar-refractivity contribution >= 4 is 35.1 Å². The molecule has 0 N–H and O–H groups in total. The largest absolute Gasteiger partial charge is 0.467 e. The number of fused-ring (bicyclic) bond motifs is 3. The Labute approximate surface area is 165 Å². The molecule has 1 aliphatic heterocycles. The zero-order valence-electron chi connectivity index (χ0n) is 16.4. The zero-order valence-corrected chi connectivity index (χ0v) is 16.4. The number of hydrogen-bond donors (Lipinski definition) is 0. The lowest BCUT2D eigenvalue weighted by Crippen LogP contribution is -2.65. The molecule has 0 unspecified atom stereocenters. The molecule has 0 saturated heterocycles. The maximum atomic E-state index is 6.35. The summed E-state index contributed by atoms with van der Waals surface area (Å²) in [4.78, 5) is 2.23. The summed E-state index contributed by atoms with van der Waals surface area (Å²) in [7, 11) is 4.23. The number of hydrogen-bond acceptors (Lipinski definition) is 2. The molecule has 3 heterocycles. The van der Waals surface area contributed by atoms with Gasteiger partial charge in [0.15, 0.2) is 11.8 Å². The van der Waals surface area contributed by atoms with Gasteiger partial charge in [-0.2, -0.15) is 0 Å². The van der Waals surface area contributed by atoms with E-state index in [2.05, 4.69) is 97.4 Å². The maximum absolute atomic E-state index is 6.35. The van der Waals surface area contributed by atoms with Crippen LogP contribution < -0.4 is 15.8 Å². The molecule has 0 aliphatic carbocycles. The first kappa shape index (κ1) is 16.9. The molecule has 0 radical (unpaired) electrons. The first-order valence-electron chi connectivity index (χ1n) is 9.60. The molecule has 0 saturated carbocycles. The van der Waals surface area contributed by atoms with Crippen molar-refractivity contribution in [1.82, 2.24) is 4.81 Å². The van der Waals surface area contributed by atoms with Gasteiger partial charge < -0.3 is 9.23 Å². The van der Waals surface area contributed by atoms with E-state index in [-0.39, 0.29) is 6.85 Å². The number of para-hydroxylation sites is 1. The fourth-order valence-corrected chi connectivity index (χ4v) is 4.26. The van der Waals surface area contributed by atoms with Gasteiger partial charge in [0.25, 0.3) is 0 Å². The summed E-state index contributed by atoms with van der Waals surface area (Å²) >= 11 is 0. The standard InChI is InChI=1S/C24H22BN2O/c1-17-16-26(2)23(15-21(17)18-9-5-4-6-10-18)25-24-20(13-14-27(25)3)19-11-7-8-12-22(19)28-24/h4-16H,1-3H3/q+1. The van der Waals surface area contributed by atoms with Crippen LogP contribution in [0.4, 0.5) is 0 Å². The third kappa shape index (κ3) is 2.56. The van der Waals surface area contributed by atoms with Crippen molar-refractivity contribution in [2.24, 2.45) is 7.05 Å². The number of nitrogens with zero attached hydrogens (tertiary/aromatic N) is 2. The second-order valence-corrected chi connectivity index (χ2v) is 7.53. The van der Waals surface area contributed by atoms with Gasteiger partial charge >= 0.3 is 6.85 Å². The zero-order chi connectivity index (χ0) is 19.3. The minimum atomic E-state index is 0.0282. The van der Waals surface area contributed by atoms with Crippen molar-refractivity contribution in [2.75, 3.05) is 7.05 Å². The summed E-state index contributed by atoms with van der Waals surface area (Å²) in [5, 5.41) is 1.17. The van der Waals surface area contributed by atoms with E-state index in [4.69, 9.17) is 4.42 Å². The van der Waals surface area contributed by atoms with Crippen molar-refractivity contribution in [1.29, 1.82) is 0 Å². The molecule has 5 rings (SSSR count). The Balaban J connectivity index is 1.72. The lowest BCUT2D eigenvalue weighted by Gasteiger charge is -2.24. The Morgan fingerprint density at radius 3 is 2.57 bits per heavy atom. The second kappa shape index (κ2) is 6.41. The minimum Gasteiger partial charge on any atom is -0.467 e. The van der Waals surface area contributed by atoms with E-state index in [1.165, 1.54) is 33.2 Å². The number of aryl methyl sites for hydroxylation is 2. The average molecular weight is 365 g/mol. The Morgan fingerprint density at radius 2 is 1.75 bits per heavy atom. The number of benzene rings is 2. The monoisotopic (exact) mass is 365 g/mol. The van der Waals surface area contributed by atoms with E-state index in [0.717, 1.165) is 11.2 Å². The van der Waals surface area contributed by atoms with Gasteiger partial charge in [0, 0.05) is 22.6 Å². The van der Waals surface area contributed by atoms with Gasteiger partial charge in [-0.05, 0) is 43.4 Å². The van der Waals surface area contributed by atoms with Crippen molar-refractivity contribution in [3.63, 3.8) is 0 Å². The number of aromatic nitrogens is 1. The molecule has 0 spiro atoms. The molecular formula is C24H22BN2O+. The van der Waals surface area contributed by atoms with Gasteiger partial charge in [-0.1, -0.05) is 48.5 Å². The van der Waals surface area contributed by atoms with Gasteiger partial charge in [0.2, 0.25) is 0 Å². The van der Waals surface area contributed by atoms with Gasteiger partial charge in [-0.15, -0.1) is 0 Å². The molecule has 3 nitrogen and oxygen atoms in total. The normalized spacial score (nSPS) is 13.2. The Kier molecular flexibility index (Phi) is 3.87. The molecule has 0 bridgehead atoms. The summed E-state index contributed by atoms with van der Waals surface area (Å²) in [6.45, 7) is 2.20. The quantitative estimate of drug-likeness (QED) is 0.402.